The van der Waals surface area contributed by atoms with Gasteiger partial charge >= 0.3 is 5.97 Å². The van der Waals surface area contributed by atoms with Crippen LogP contribution in [0.2, 0.25) is 5.02 Å². The molecule has 0 aliphatic carbocycles. The van der Waals surface area contributed by atoms with Crippen molar-refractivity contribution in [2.75, 3.05) is 13.7 Å². The standard InChI is InChI=1S/C30H33ClFN3O6/c1-17(2)39-27-22(31)13-18(16-34-27)40-25-15-23(32)21(14-20(25)19-9-7-11-33-26(19)38-6)28(36)35-12-8-10-24(35)29(37)41-30(3,4)5/h7,9,11,13-17,24H,8,10,12H2,1-6H3/t24-/m0/s1. The SMILES string of the molecule is COc1ncccc1-c1cc(C(=O)N2CCC[C@H]2C(=O)OC(C)(C)C)c(F)cc1Oc1cnc(OC(C)C)c(Cl)c1. The second-order valence-electron chi connectivity index (χ2n) is 10.8. The highest BCUT2D eigenvalue weighted by molar-refractivity contribution is 6.31. The highest BCUT2D eigenvalue weighted by Crippen LogP contribution is 2.40. The Balaban J connectivity index is 1.75. The Morgan fingerprint density at radius 3 is 2.54 bits per heavy atom. The number of methoxy groups -OCH3 is 1. The van der Waals surface area contributed by atoms with Crippen LogP contribution in [0.4, 0.5) is 4.39 Å². The first kappa shape index (κ1) is 30.0. The number of esters is 1. The average molecular weight is 586 g/mol. The highest BCUT2D eigenvalue weighted by atomic mass is 35.5. The molecule has 0 saturated carbocycles. The number of carbonyl (C=O) groups is 2. The molecule has 1 aromatic carbocycles. The molecule has 1 saturated heterocycles. The summed E-state index contributed by atoms with van der Waals surface area (Å²) in [6.07, 6.45) is 3.83. The van der Waals surface area contributed by atoms with Crippen LogP contribution >= 0.6 is 11.6 Å². The van der Waals surface area contributed by atoms with Crippen LogP contribution < -0.4 is 14.2 Å². The lowest BCUT2D eigenvalue weighted by Crippen LogP contribution is -2.43. The number of likely N-dealkylation sites (tertiary alicyclic amines) is 1. The Kier molecular flexibility index (Phi) is 9.01. The molecule has 0 spiro atoms. The summed E-state index contributed by atoms with van der Waals surface area (Å²) in [7, 11) is 1.45. The van der Waals surface area contributed by atoms with E-state index in [0.29, 0.717) is 30.5 Å². The molecule has 1 atom stereocenters. The molecule has 0 unspecified atom stereocenters. The Morgan fingerprint density at radius 1 is 1.12 bits per heavy atom. The van der Waals surface area contributed by atoms with Crippen molar-refractivity contribution in [1.29, 1.82) is 0 Å². The number of halogens is 2. The van der Waals surface area contributed by atoms with Gasteiger partial charge in [-0.2, -0.15) is 0 Å². The quantitative estimate of drug-likeness (QED) is 0.277. The summed E-state index contributed by atoms with van der Waals surface area (Å²) in [5.74, 6) is -1.21. The molecule has 1 aliphatic rings. The molecule has 11 heteroatoms. The highest BCUT2D eigenvalue weighted by Gasteiger charge is 2.38. The summed E-state index contributed by atoms with van der Waals surface area (Å²) < 4.78 is 38.2. The van der Waals surface area contributed by atoms with Crippen molar-refractivity contribution in [1.82, 2.24) is 14.9 Å². The van der Waals surface area contributed by atoms with Gasteiger partial charge in [-0.3, -0.25) is 4.79 Å². The van der Waals surface area contributed by atoms with E-state index < -0.39 is 29.3 Å². The third-order valence-corrected chi connectivity index (χ3v) is 6.38. The van der Waals surface area contributed by atoms with Crippen molar-refractivity contribution >= 4 is 23.5 Å². The van der Waals surface area contributed by atoms with Gasteiger partial charge in [0.25, 0.3) is 5.91 Å². The minimum Gasteiger partial charge on any atom is -0.481 e. The number of ether oxygens (including phenoxy) is 4. The Bertz CT molecular complexity index is 1440. The van der Waals surface area contributed by atoms with Crippen LogP contribution in [-0.2, 0) is 9.53 Å². The third-order valence-electron chi connectivity index (χ3n) is 6.10. The molecule has 2 aromatic heterocycles. The molecule has 4 rings (SSSR count). The Labute approximate surface area is 243 Å². The van der Waals surface area contributed by atoms with E-state index in [1.807, 2.05) is 13.8 Å². The van der Waals surface area contributed by atoms with Gasteiger partial charge in [-0.1, -0.05) is 11.6 Å². The fourth-order valence-electron chi connectivity index (χ4n) is 4.45. The maximum absolute atomic E-state index is 15.7. The minimum absolute atomic E-state index is 0.0749. The molecule has 0 bridgehead atoms. The van der Waals surface area contributed by atoms with E-state index in [9.17, 15) is 9.59 Å². The Morgan fingerprint density at radius 2 is 1.88 bits per heavy atom. The van der Waals surface area contributed by atoms with Crippen LogP contribution in [0.5, 0.6) is 23.3 Å². The number of hydrogen-bond donors (Lipinski definition) is 0. The predicted molar refractivity (Wildman–Crippen MR) is 151 cm³/mol. The van der Waals surface area contributed by atoms with Gasteiger partial charge in [0.05, 0.1) is 25.0 Å². The molecule has 0 N–H and O–H groups in total. The van der Waals surface area contributed by atoms with Crippen LogP contribution in [0.25, 0.3) is 11.1 Å². The average Bonchev–Trinajstić information content (AvgIpc) is 3.39. The van der Waals surface area contributed by atoms with Crippen molar-refractivity contribution in [3.63, 3.8) is 0 Å². The fraction of sp³-hybridized carbons (Fsp3) is 0.400. The zero-order valence-electron chi connectivity index (χ0n) is 23.9. The molecular formula is C30H33ClFN3O6. The molecule has 9 nitrogen and oxygen atoms in total. The van der Waals surface area contributed by atoms with Gasteiger partial charge in [0.2, 0.25) is 11.8 Å². The number of benzene rings is 1. The molecule has 1 fully saturated rings. The smallest absolute Gasteiger partial charge is 0.329 e. The molecule has 41 heavy (non-hydrogen) atoms. The van der Waals surface area contributed by atoms with Crippen molar-refractivity contribution in [2.45, 2.75) is 65.2 Å². The molecule has 3 aromatic rings. The zero-order valence-corrected chi connectivity index (χ0v) is 24.6. The first-order valence-electron chi connectivity index (χ1n) is 13.2. The normalized spacial score (nSPS) is 15.1. The van der Waals surface area contributed by atoms with Crippen molar-refractivity contribution in [2.24, 2.45) is 0 Å². The van der Waals surface area contributed by atoms with Gasteiger partial charge in [0.1, 0.15) is 34.0 Å². The van der Waals surface area contributed by atoms with Crippen LogP contribution in [0.15, 0.2) is 42.7 Å². The number of hydrogen-bond acceptors (Lipinski definition) is 8. The fourth-order valence-corrected chi connectivity index (χ4v) is 4.65. The lowest BCUT2D eigenvalue weighted by molar-refractivity contribution is -0.159. The molecular weight excluding hydrogens is 553 g/mol. The van der Waals surface area contributed by atoms with Crippen molar-refractivity contribution < 1.29 is 32.9 Å². The number of aromatic nitrogens is 2. The van der Waals surface area contributed by atoms with E-state index in [4.69, 9.17) is 30.5 Å². The van der Waals surface area contributed by atoms with Gasteiger partial charge in [-0.05, 0) is 65.7 Å². The lowest BCUT2D eigenvalue weighted by Gasteiger charge is -2.27. The van der Waals surface area contributed by atoms with E-state index >= 15 is 4.39 Å². The predicted octanol–water partition coefficient (Wildman–Crippen LogP) is 6.47. The molecule has 0 radical (unpaired) electrons. The number of rotatable bonds is 8. The summed E-state index contributed by atoms with van der Waals surface area (Å²) in [4.78, 5) is 36.3. The number of carbonyl (C=O) groups excluding carboxylic acids is 2. The topological polar surface area (TPSA) is 100 Å². The van der Waals surface area contributed by atoms with Crippen LogP contribution in [0.1, 0.15) is 57.8 Å². The number of nitrogens with zero attached hydrogens (tertiary/aromatic N) is 3. The molecule has 1 aliphatic heterocycles. The Hall–Kier alpha value is -3.92. The largest absolute Gasteiger partial charge is 0.481 e. The third kappa shape index (κ3) is 7.05. The summed E-state index contributed by atoms with van der Waals surface area (Å²) in [6.45, 7) is 9.25. The van der Waals surface area contributed by atoms with E-state index in [0.717, 1.165) is 6.07 Å². The summed E-state index contributed by atoms with van der Waals surface area (Å²) in [5, 5.41) is 0.214. The number of amides is 1. The molecule has 1 amide bonds. The lowest BCUT2D eigenvalue weighted by atomic mass is 10.0. The first-order chi connectivity index (χ1) is 19.4. The molecule has 3 heterocycles. The monoisotopic (exact) mass is 585 g/mol. The summed E-state index contributed by atoms with van der Waals surface area (Å²) in [5.41, 5.74) is -0.153. The maximum Gasteiger partial charge on any atom is 0.329 e. The number of pyridine rings is 2. The van der Waals surface area contributed by atoms with Crippen molar-refractivity contribution in [3.8, 4) is 34.4 Å². The van der Waals surface area contributed by atoms with Crippen LogP contribution in [0.3, 0.4) is 0 Å². The molecule has 218 valence electrons. The van der Waals surface area contributed by atoms with Gasteiger partial charge in [0.15, 0.2) is 0 Å². The van der Waals surface area contributed by atoms with Gasteiger partial charge in [-0.25, -0.2) is 19.2 Å². The maximum atomic E-state index is 15.7. The van der Waals surface area contributed by atoms with Crippen molar-refractivity contribution in [3.05, 3.63) is 59.1 Å². The second kappa shape index (κ2) is 12.3. The van der Waals surface area contributed by atoms with E-state index in [-0.39, 0.29) is 39.9 Å². The van der Waals surface area contributed by atoms with Crippen LogP contribution in [-0.4, -0.2) is 58.1 Å². The first-order valence-corrected chi connectivity index (χ1v) is 13.6. The second-order valence-corrected chi connectivity index (χ2v) is 11.2. The van der Waals surface area contributed by atoms with E-state index in [2.05, 4.69) is 9.97 Å². The zero-order chi connectivity index (χ0) is 29.9. The summed E-state index contributed by atoms with van der Waals surface area (Å²) >= 11 is 6.33. The van der Waals surface area contributed by atoms with E-state index in [1.54, 1.807) is 39.1 Å². The van der Waals surface area contributed by atoms with Gasteiger partial charge in [-0.15, -0.1) is 0 Å². The van der Waals surface area contributed by atoms with Crippen LogP contribution in [0, 0.1) is 5.82 Å². The summed E-state index contributed by atoms with van der Waals surface area (Å²) in [6, 6.07) is 6.57. The van der Waals surface area contributed by atoms with Gasteiger partial charge < -0.3 is 23.8 Å². The minimum atomic E-state index is -0.828. The van der Waals surface area contributed by atoms with E-state index in [1.165, 1.54) is 30.3 Å². The van der Waals surface area contributed by atoms with Gasteiger partial charge in [0, 0.05) is 36.0 Å².